The van der Waals surface area contributed by atoms with Crippen LogP contribution >= 0.6 is 11.8 Å². The highest BCUT2D eigenvalue weighted by Gasteiger charge is 2.27. The van der Waals surface area contributed by atoms with Crippen LogP contribution in [0.4, 0.5) is 0 Å². The fourth-order valence-corrected chi connectivity index (χ4v) is 3.57. The Kier molecular flexibility index (Phi) is 6.76. The van der Waals surface area contributed by atoms with Crippen LogP contribution in [0.5, 0.6) is 5.75 Å². The number of amides is 2. The first-order chi connectivity index (χ1) is 13.2. The van der Waals surface area contributed by atoms with E-state index in [1.807, 2.05) is 48.7 Å². The fourth-order valence-electron chi connectivity index (χ4n) is 3.10. The molecule has 5 nitrogen and oxygen atoms in total. The van der Waals surface area contributed by atoms with Gasteiger partial charge in [-0.15, -0.1) is 0 Å². The molecule has 2 aromatic rings. The van der Waals surface area contributed by atoms with Crippen molar-refractivity contribution in [1.29, 1.82) is 0 Å². The average Bonchev–Trinajstić information content (AvgIpc) is 2.71. The number of fused-ring (bicyclic) bond motifs is 1. The van der Waals surface area contributed by atoms with Crippen molar-refractivity contribution in [2.75, 3.05) is 18.6 Å². The van der Waals surface area contributed by atoms with Crippen molar-refractivity contribution in [3.63, 3.8) is 0 Å². The summed E-state index contributed by atoms with van der Waals surface area (Å²) < 4.78 is 5.66. The standard InChI is InChI=1S/C21H24N2O3S/c1-27-14-12-18(23-20(24)15-7-3-2-4-8-15)21(25)22-17-11-13-26-19-10-6-5-9-16(17)19/h2-10,17-18H,11-14H2,1H3,(H,22,25)(H,23,24)/t17-,18-/m1/s1. The molecule has 2 N–H and O–H groups in total. The van der Waals surface area contributed by atoms with Gasteiger partial charge in [0.15, 0.2) is 0 Å². The first-order valence-electron chi connectivity index (χ1n) is 9.06. The van der Waals surface area contributed by atoms with E-state index < -0.39 is 6.04 Å². The predicted molar refractivity (Wildman–Crippen MR) is 108 cm³/mol. The molecule has 142 valence electrons. The summed E-state index contributed by atoms with van der Waals surface area (Å²) in [6.07, 6.45) is 3.28. The van der Waals surface area contributed by atoms with Crippen LogP contribution in [0.15, 0.2) is 54.6 Å². The summed E-state index contributed by atoms with van der Waals surface area (Å²) in [7, 11) is 0. The topological polar surface area (TPSA) is 67.4 Å². The zero-order valence-corrected chi connectivity index (χ0v) is 16.1. The number of hydrogen-bond acceptors (Lipinski definition) is 4. The van der Waals surface area contributed by atoms with Crippen LogP contribution in [0.2, 0.25) is 0 Å². The van der Waals surface area contributed by atoms with Gasteiger partial charge in [0.1, 0.15) is 11.8 Å². The Bertz CT molecular complexity index is 782. The number of rotatable bonds is 7. The first kappa shape index (κ1) is 19.3. The molecule has 2 aromatic carbocycles. The van der Waals surface area contributed by atoms with Gasteiger partial charge in [-0.1, -0.05) is 36.4 Å². The molecule has 2 atom stereocenters. The van der Waals surface area contributed by atoms with Crippen molar-refractivity contribution in [3.05, 3.63) is 65.7 Å². The average molecular weight is 385 g/mol. The number of ether oxygens (including phenoxy) is 1. The number of carbonyl (C=O) groups is 2. The molecular formula is C21H24N2O3S. The van der Waals surface area contributed by atoms with Crippen LogP contribution < -0.4 is 15.4 Å². The van der Waals surface area contributed by atoms with Crippen molar-refractivity contribution >= 4 is 23.6 Å². The summed E-state index contributed by atoms with van der Waals surface area (Å²) in [6.45, 7) is 0.563. The highest BCUT2D eigenvalue weighted by Crippen LogP contribution is 2.31. The second-order valence-electron chi connectivity index (χ2n) is 6.41. The van der Waals surface area contributed by atoms with E-state index in [0.29, 0.717) is 25.0 Å². The van der Waals surface area contributed by atoms with E-state index in [2.05, 4.69) is 10.6 Å². The molecule has 1 heterocycles. The van der Waals surface area contributed by atoms with E-state index in [4.69, 9.17) is 4.74 Å². The van der Waals surface area contributed by atoms with Crippen LogP contribution in [-0.4, -0.2) is 36.5 Å². The molecule has 2 amide bonds. The monoisotopic (exact) mass is 384 g/mol. The van der Waals surface area contributed by atoms with E-state index in [9.17, 15) is 9.59 Å². The lowest BCUT2D eigenvalue weighted by Gasteiger charge is -2.28. The van der Waals surface area contributed by atoms with Gasteiger partial charge in [0.2, 0.25) is 5.91 Å². The quantitative estimate of drug-likeness (QED) is 0.769. The van der Waals surface area contributed by atoms with Crippen molar-refractivity contribution in [1.82, 2.24) is 10.6 Å². The Balaban J connectivity index is 1.69. The third kappa shape index (κ3) is 5.04. The zero-order valence-electron chi connectivity index (χ0n) is 15.3. The second-order valence-corrected chi connectivity index (χ2v) is 7.40. The van der Waals surface area contributed by atoms with E-state index in [0.717, 1.165) is 17.1 Å². The molecule has 0 saturated carbocycles. The summed E-state index contributed by atoms with van der Waals surface area (Å²) in [6, 6.07) is 16.0. The second kappa shape index (κ2) is 9.46. The maximum absolute atomic E-state index is 12.9. The van der Waals surface area contributed by atoms with Gasteiger partial charge in [0.25, 0.3) is 5.91 Å². The number of hydrogen-bond donors (Lipinski definition) is 2. The van der Waals surface area contributed by atoms with Crippen LogP contribution in [0, 0.1) is 0 Å². The van der Waals surface area contributed by atoms with Gasteiger partial charge in [-0.2, -0.15) is 11.8 Å². The molecule has 6 heteroatoms. The summed E-state index contributed by atoms with van der Waals surface area (Å²) in [5, 5.41) is 5.98. The molecule has 3 rings (SSSR count). The highest BCUT2D eigenvalue weighted by molar-refractivity contribution is 7.98. The van der Waals surface area contributed by atoms with Crippen molar-refractivity contribution in [2.24, 2.45) is 0 Å². The van der Waals surface area contributed by atoms with Gasteiger partial charge < -0.3 is 15.4 Å². The van der Waals surface area contributed by atoms with Gasteiger partial charge in [-0.3, -0.25) is 9.59 Å². The van der Waals surface area contributed by atoms with Crippen molar-refractivity contribution < 1.29 is 14.3 Å². The van der Waals surface area contributed by atoms with Crippen LogP contribution in [0.25, 0.3) is 0 Å². The number of carbonyl (C=O) groups excluding carboxylic acids is 2. The van der Waals surface area contributed by atoms with Crippen LogP contribution in [-0.2, 0) is 4.79 Å². The smallest absolute Gasteiger partial charge is 0.251 e. The molecule has 27 heavy (non-hydrogen) atoms. The molecule has 1 aliphatic rings. The number of benzene rings is 2. The Hall–Kier alpha value is -2.47. The minimum Gasteiger partial charge on any atom is -0.493 e. The maximum Gasteiger partial charge on any atom is 0.251 e. The van der Waals surface area contributed by atoms with Gasteiger partial charge in [0, 0.05) is 17.5 Å². The van der Waals surface area contributed by atoms with Gasteiger partial charge in [0.05, 0.1) is 12.6 Å². The summed E-state index contributed by atoms with van der Waals surface area (Å²) in [4.78, 5) is 25.4. The van der Waals surface area contributed by atoms with E-state index >= 15 is 0 Å². The third-order valence-corrected chi connectivity index (χ3v) is 5.19. The van der Waals surface area contributed by atoms with Crippen LogP contribution in [0.1, 0.15) is 34.8 Å². The molecule has 0 bridgehead atoms. The summed E-state index contributed by atoms with van der Waals surface area (Å²) >= 11 is 1.65. The lowest BCUT2D eigenvalue weighted by Crippen LogP contribution is -2.48. The zero-order chi connectivity index (χ0) is 19.1. The summed E-state index contributed by atoms with van der Waals surface area (Å²) in [5.74, 6) is 1.21. The van der Waals surface area contributed by atoms with Gasteiger partial charge >= 0.3 is 0 Å². The van der Waals surface area contributed by atoms with Gasteiger partial charge in [-0.05, 0) is 36.6 Å². The maximum atomic E-state index is 12.9. The molecule has 0 aromatic heterocycles. The number of para-hydroxylation sites is 1. The van der Waals surface area contributed by atoms with E-state index in [1.165, 1.54) is 0 Å². The number of thioether (sulfide) groups is 1. The van der Waals surface area contributed by atoms with Crippen LogP contribution in [0.3, 0.4) is 0 Å². The molecule has 1 aliphatic heterocycles. The molecular weight excluding hydrogens is 360 g/mol. The fraction of sp³-hybridized carbons (Fsp3) is 0.333. The molecule has 0 aliphatic carbocycles. The third-order valence-electron chi connectivity index (χ3n) is 4.54. The van der Waals surface area contributed by atoms with Crippen molar-refractivity contribution in [3.8, 4) is 5.75 Å². The van der Waals surface area contributed by atoms with E-state index in [-0.39, 0.29) is 17.9 Å². The molecule has 0 unspecified atom stereocenters. The van der Waals surface area contributed by atoms with Crippen molar-refractivity contribution in [2.45, 2.75) is 24.9 Å². The molecule has 0 fully saturated rings. The minimum absolute atomic E-state index is 0.104. The molecule has 0 radical (unpaired) electrons. The SMILES string of the molecule is CSCC[C@@H](NC(=O)c1ccccc1)C(=O)N[C@@H]1CCOc2ccccc21. The Morgan fingerprint density at radius 1 is 1.15 bits per heavy atom. The normalized spacial score (nSPS) is 16.6. The molecule has 0 spiro atoms. The minimum atomic E-state index is -0.569. The molecule has 0 saturated heterocycles. The predicted octanol–water partition coefficient (Wildman–Crippen LogP) is 3.18. The Morgan fingerprint density at radius 2 is 1.89 bits per heavy atom. The Morgan fingerprint density at radius 3 is 2.67 bits per heavy atom. The summed E-state index contributed by atoms with van der Waals surface area (Å²) in [5.41, 5.74) is 1.53. The number of nitrogens with one attached hydrogen (secondary N) is 2. The highest BCUT2D eigenvalue weighted by atomic mass is 32.2. The lowest BCUT2D eigenvalue weighted by atomic mass is 10.00. The first-order valence-corrected chi connectivity index (χ1v) is 10.5. The van der Waals surface area contributed by atoms with Gasteiger partial charge in [-0.25, -0.2) is 0 Å². The largest absolute Gasteiger partial charge is 0.493 e. The van der Waals surface area contributed by atoms with E-state index in [1.54, 1.807) is 23.9 Å². The lowest BCUT2D eigenvalue weighted by molar-refractivity contribution is -0.124. The Labute approximate surface area is 163 Å².